The van der Waals surface area contributed by atoms with Crippen LogP contribution in [-0.2, 0) is 9.47 Å². The third-order valence-electron chi connectivity index (χ3n) is 3.58. The van der Waals surface area contributed by atoms with Crippen LogP contribution in [0.3, 0.4) is 0 Å². The summed E-state index contributed by atoms with van der Waals surface area (Å²) in [6.07, 6.45) is 1.92. The maximum atomic E-state index is 5.78. The van der Waals surface area contributed by atoms with Gasteiger partial charge in [-0.3, -0.25) is 4.90 Å². The fraction of sp³-hybridized carbons (Fsp3) is 1.00. The Bertz CT molecular complexity index is 195. The van der Waals surface area contributed by atoms with Gasteiger partial charge in [0.1, 0.15) is 0 Å². The smallest absolute Gasteiger partial charge is 0.0852 e. The fourth-order valence-electron chi connectivity index (χ4n) is 2.45. The number of hydrogen-bond acceptors (Lipinski definition) is 4. The Balaban J connectivity index is 1.82. The number of likely N-dealkylation sites (tertiary alicyclic amines) is 1. The Morgan fingerprint density at radius 1 is 1.53 bits per heavy atom. The van der Waals surface area contributed by atoms with Crippen LogP contribution in [0.15, 0.2) is 0 Å². The number of methoxy groups -OCH3 is 1. The minimum absolute atomic E-state index is 0.342. The van der Waals surface area contributed by atoms with Gasteiger partial charge in [0, 0.05) is 39.3 Å². The van der Waals surface area contributed by atoms with Gasteiger partial charge in [-0.05, 0) is 13.3 Å². The van der Waals surface area contributed by atoms with Crippen LogP contribution in [0.4, 0.5) is 0 Å². The molecule has 4 nitrogen and oxygen atoms in total. The maximum absolute atomic E-state index is 5.78. The quantitative estimate of drug-likeness (QED) is 0.721. The summed E-state index contributed by atoms with van der Waals surface area (Å²) >= 11 is 0. The Morgan fingerprint density at radius 3 is 3.00 bits per heavy atom. The van der Waals surface area contributed by atoms with Crippen molar-refractivity contribution in [2.75, 3.05) is 39.9 Å². The van der Waals surface area contributed by atoms with Gasteiger partial charge in [0.2, 0.25) is 0 Å². The molecule has 0 aromatic rings. The van der Waals surface area contributed by atoms with Crippen molar-refractivity contribution >= 4 is 0 Å². The van der Waals surface area contributed by atoms with Gasteiger partial charge < -0.3 is 14.8 Å². The molecular formula is C11H22N2O2. The lowest BCUT2D eigenvalue weighted by Gasteiger charge is -2.34. The van der Waals surface area contributed by atoms with Gasteiger partial charge in [0.15, 0.2) is 0 Å². The molecule has 2 saturated heterocycles. The summed E-state index contributed by atoms with van der Waals surface area (Å²) in [4.78, 5) is 2.48. The van der Waals surface area contributed by atoms with Crippen molar-refractivity contribution < 1.29 is 9.47 Å². The first-order valence-corrected chi connectivity index (χ1v) is 5.90. The highest BCUT2D eigenvalue weighted by molar-refractivity contribution is 4.86. The van der Waals surface area contributed by atoms with Gasteiger partial charge in [-0.2, -0.15) is 0 Å². The summed E-state index contributed by atoms with van der Waals surface area (Å²) in [5.41, 5.74) is 0. The van der Waals surface area contributed by atoms with Crippen molar-refractivity contribution in [3.63, 3.8) is 0 Å². The molecule has 3 atom stereocenters. The number of morpholine rings is 1. The summed E-state index contributed by atoms with van der Waals surface area (Å²) in [6.45, 7) is 7.27. The van der Waals surface area contributed by atoms with E-state index in [1.54, 1.807) is 7.11 Å². The van der Waals surface area contributed by atoms with Crippen LogP contribution in [0.1, 0.15) is 13.3 Å². The maximum Gasteiger partial charge on any atom is 0.0852 e. The van der Waals surface area contributed by atoms with Crippen LogP contribution < -0.4 is 5.32 Å². The second kappa shape index (κ2) is 5.25. The molecule has 0 aliphatic carbocycles. The Labute approximate surface area is 91.9 Å². The third kappa shape index (κ3) is 2.69. The zero-order valence-electron chi connectivity index (χ0n) is 9.74. The summed E-state index contributed by atoms with van der Waals surface area (Å²) in [7, 11) is 1.80. The van der Waals surface area contributed by atoms with E-state index in [0.29, 0.717) is 18.2 Å². The highest BCUT2D eigenvalue weighted by Gasteiger charge is 2.31. The predicted octanol–water partition coefficient (Wildman–Crippen LogP) is 0.0840. The molecular weight excluding hydrogens is 192 g/mol. The number of rotatable bonds is 3. The van der Waals surface area contributed by atoms with E-state index >= 15 is 0 Å². The largest absolute Gasteiger partial charge is 0.380 e. The first-order valence-electron chi connectivity index (χ1n) is 5.90. The minimum Gasteiger partial charge on any atom is -0.380 e. The van der Waals surface area contributed by atoms with Crippen molar-refractivity contribution in [3.8, 4) is 0 Å². The van der Waals surface area contributed by atoms with Gasteiger partial charge >= 0.3 is 0 Å². The second-order valence-electron chi connectivity index (χ2n) is 4.50. The monoisotopic (exact) mass is 214 g/mol. The van der Waals surface area contributed by atoms with E-state index in [2.05, 4.69) is 17.1 Å². The van der Waals surface area contributed by atoms with E-state index in [-0.39, 0.29) is 0 Å². The lowest BCUT2D eigenvalue weighted by molar-refractivity contribution is -0.0239. The topological polar surface area (TPSA) is 33.7 Å². The molecule has 15 heavy (non-hydrogen) atoms. The number of nitrogens with zero attached hydrogens (tertiary/aromatic N) is 1. The number of ether oxygens (including phenoxy) is 2. The molecule has 0 bridgehead atoms. The molecule has 2 aliphatic heterocycles. The average molecular weight is 214 g/mol. The first kappa shape index (κ1) is 11.3. The van der Waals surface area contributed by atoms with E-state index in [9.17, 15) is 0 Å². The minimum atomic E-state index is 0.342. The third-order valence-corrected chi connectivity index (χ3v) is 3.58. The zero-order valence-corrected chi connectivity index (χ0v) is 9.74. The highest BCUT2D eigenvalue weighted by atomic mass is 16.5. The molecule has 3 unspecified atom stereocenters. The second-order valence-corrected chi connectivity index (χ2v) is 4.50. The molecule has 0 saturated carbocycles. The standard InChI is InChI=1S/C11H22N2O2/c1-9(11-7-12-4-6-15-11)13-5-3-10(8-13)14-2/h9-12H,3-8H2,1-2H3. The fourth-order valence-corrected chi connectivity index (χ4v) is 2.45. The van der Waals surface area contributed by atoms with Crippen molar-refractivity contribution in [2.24, 2.45) is 0 Å². The van der Waals surface area contributed by atoms with E-state index < -0.39 is 0 Å². The normalized spacial score (nSPS) is 35.6. The van der Waals surface area contributed by atoms with Gasteiger partial charge in [-0.15, -0.1) is 0 Å². The van der Waals surface area contributed by atoms with Crippen LogP contribution in [-0.4, -0.2) is 63.0 Å². The Morgan fingerprint density at radius 2 is 2.40 bits per heavy atom. The van der Waals surface area contributed by atoms with Crippen LogP contribution in [0.25, 0.3) is 0 Å². The lowest BCUT2D eigenvalue weighted by Crippen LogP contribution is -2.50. The lowest BCUT2D eigenvalue weighted by atomic mass is 10.1. The van der Waals surface area contributed by atoms with E-state index in [0.717, 1.165) is 39.2 Å². The van der Waals surface area contributed by atoms with Gasteiger partial charge in [-0.25, -0.2) is 0 Å². The SMILES string of the molecule is COC1CCN(C(C)C2CNCCO2)C1. The van der Waals surface area contributed by atoms with E-state index in [1.165, 1.54) is 0 Å². The molecule has 0 aromatic carbocycles. The summed E-state index contributed by atoms with van der Waals surface area (Å²) in [6, 6.07) is 0.498. The van der Waals surface area contributed by atoms with Crippen LogP contribution in [0.5, 0.6) is 0 Å². The van der Waals surface area contributed by atoms with Gasteiger partial charge in [0.05, 0.1) is 18.8 Å². The summed E-state index contributed by atoms with van der Waals surface area (Å²) < 4.78 is 11.2. The molecule has 1 N–H and O–H groups in total. The van der Waals surface area contributed by atoms with Crippen LogP contribution in [0.2, 0.25) is 0 Å². The Hall–Kier alpha value is -0.160. The predicted molar refractivity (Wildman–Crippen MR) is 59.1 cm³/mol. The summed E-state index contributed by atoms with van der Waals surface area (Å²) in [5.74, 6) is 0. The average Bonchev–Trinajstić information content (AvgIpc) is 2.78. The number of nitrogens with one attached hydrogen (secondary N) is 1. The molecule has 0 spiro atoms. The van der Waals surface area contributed by atoms with Crippen molar-refractivity contribution in [1.82, 2.24) is 10.2 Å². The summed E-state index contributed by atoms with van der Waals surface area (Å²) in [5, 5.41) is 3.38. The molecule has 0 amide bonds. The van der Waals surface area contributed by atoms with Crippen LogP contribution >= 0.6 is 0 Å². The molecule has 88 valence electrons. The molecule has 2 rings (SSSR count). The first-order chi connectivity index (χ1) is 7.31. The molecule has 0 radical (unpaired) electrons. The van der Waals surface area contributed by atoms with Crippen molar-refractivity contribution in [2.45, 2.75) is 31.6 Å². The van der Waals surface area contributed by atoms with Crippen LogP contribution in [0, 0.1) is 0 Å². The molecule has 2 heterocycles. The van der Waals surface area contributed by atoms with Gasteiger partial charge in [-0.1, -0.05) is 0 Å². The van der Waals surface area contributed by atoms with Crippen molar-refractivity contribution in [3.05, 3.63) is 0 Å². The number of hydrogen-bond donors (Lipinski definition) is 1. The highest BCUT2D eigenvalue weighted by Crippen LogP contribution is 2.18. The molecule has 2 fully saturated rings. The van der Waals surface area contributed by atoms with Crippen molar-refractivity contribution in [1.29, 1.82) is 0 Å². The molecule has 0 aromatic heterocycles. The van der Waals surface area contributed by atoms with Gasteiger partial charge in [0.25, 0.3) is 0 Å². The Kier molecular flexibility index (Phi) is 3.97. The van der Waals surface area contributed by atoms with E-state index in [4.69, 9.17) is 9.47 Å². The molecule has 4 heteroatoms. The zero-order chi connectivity index (χ0) is 10.7. The van der Waals surface area contributed by atoms with E-state index in [1.807, 2.05) is 0 Å². The molecule has 2 aliphatic rings.